The Bertz CT molecular complexity index is 288. The van der Waals surface area contributed by atoms with E-state index in [1.54, 1.807) is 12.1 Å². The average molecular weight is 153 g/mol. The van der Waals surface area contributed by atoms with E-state index in [-0.39, 0.29) is 0 Å². The number of pyridine rings is 1. The summed E-state index contributed by atoms with van der Waals surface area (Å²) in [5.74, 6) is 0. The van der Waals surface area contributed by atoms with Crippen LogP contribution in [0.15, 0.2) is 12.1 Å². The van der Waals surface area contributed by atoms with E-state index < -0.39 is 0 Å². The molecule has 2 nitrogen and oxygen atoms in total. The van der Waals surface area contributed by atoms with Gasteiger partial charge in [0.15, 0.2) is 0 Å². The lowest BCUT2D eigenvalue weighted by Gasteiger charge is -1.93. The molecule has 0 radical (unpaired) electrons. The first-order valence-electron chi connectivity index (χ1n) is 2.77. The summed E-state index contributed by atoms with van der Waals surface area (Å²) in [4.78, 5) is 3.80. The van der Waals surface area contributed by atoms with Gasteiger partial charge in [-0.05, 0) is 18.6 Å². The molecule has 1 aromatic heterocycles. The van der Waals surface area contributed by atoms with Gasteiger partial charge in [-0.3, -0.25) is 0 Å². The van der Waals surface area contributed by atoms with E-state index in [0.717, 1.165) is 5.56 Å². The van der Waals surface area contributed by atoms with E-state index in [9.17, 15) is 0 Å². The average Bonchev–Trinajstić information content (AvgIpc) is 1.95. The van der Waals surface area contributed by atoms with E-state index in [4.69, 9.17) is 16.9 Å². The van der Waals surface area contributed by atoms with Crippen LogP contribution in [-0.4, -0.2) is 4.98 Å². The molecule has 0 saturated carbocycles. The summed E-state index contributed by atoms with van der Waals surface area (Å²) in [5, 5.41) is 8.78. The molecule has 0 aliphatic carbocycles. The fraction of sp³-hybridized carbons (Fsp3) is 0.143. The third-order valence-electron chi connectivity index (χ3n) is 1.15. The molecule has 10 heavy (non-hydrogen) atoms. The Morgan fingerprint density at radius 3 is 2.80 bits per heavy atom. The van der Waals surface area contributed by atoms with Gasteiger partial charge < -0.3 is 0 Å². The van der Waals surface area contributed by atoms with Crippen LogP contribution in [0.3, 0.4) is 0 Å². The molecule has 1 heterocycles. The Balaban J connectivity index is 3.20. The second-order valence-electron chi connectivity index (χ2n) is 1.92. The summed E-state index contributed by atoms with van der Waals surface area (Å²) >= 11 is 5.63. The first-order chi connectivity index (χ1) is 4.74. The second-order valence-corrected chi connectivity index (χ2v) is 2.27. The van der Waals surface area contributed by atoms with Crippen LogP contribution in [0.5, 0.6) is 0 Å². The van der Waals surface area contributed by atoms with Crippen molar-refractivity contribution < 1.29 is 0 Å². The Hall–Kier alpha value is -1.07. The lowest BCUT2D eigenvalue weighted by atomic mass is 10.3. The summed E-state index contributed by atoms with van der Waals surface area (Å²) in [5.41, 5.74) is 1.25. The van der Waals surface area contributed by atoms with Gasteiger partial charge in [0.1, 0.15) is 16.9 Å². The van der Waals surface area contributed by atoms with Crippen molar-refractivity contribution in [2.75, 3.05) is 0 Å². The molecule has 50 valence electrons. The normalized spacial score (nSPS) is 8.90. The zero-order chi connectivity index (χ0) is 7.56. The second kappa shape index (κ2) is 2.68. The Kier molecular flexibility index (Phi) is 1.88. The van der Waals surface area contributed by atoms with Gasteiger partial charge in [0.25, 0.3) is 0 Å². The third-order valence-corrected chi connectivity index (χ3v) is 1.53. The first-order valence-corrected chi connectivity index (χ1v) is 3.15. The molecular weight excluding hydrogens is 148 g/mol. The summed E-state index contributed by atoms with van der Waals surface area (Å²) < 4.78 is 0. The van der Waals surface area contributed by atoms with Gasteiger partial charge in [-0.1, -0.05) is 17.7 Å². The monoisotopic (exact) mass is 152 g/mol. The Morgan fingerprint density at radius 1 is 1.60 bits per heavy atom. The highest BCUT2D eigenvalue weighted by Crippen LogP contribution is 2.10. The molecule has 0 spiro atoms. The predicted octanol–water partition coefficient (Wildman–Crippen LogP) is 1.92. The molecule has 0 amide bonds. The molecule has 3 heteroatoms. The van der Waals surface area contributed by atoms with Gasteiger partial charge in [0, 0.05) is 0 Å². The summed E-state index contributed by atoms with van der Waals surface area (Å²) in [7, 11) is 0. The molecule has 0 aliphatic rings. The van der Waals surface area contributed by atoms with Gasteiger partial charge in [0.05, 0.1) is 0 Å². The molecule has 0 N–H and O–H groups in total. The maximum Gasteiger partial charge on any atom is 0.142 e. The van der Waals surface area contributed by atoms with Gasteiger partial charge in [-0.15, -0.1) is 0 Å². The summed E-state index contributed by atoms with van der Waals surface area (Å²) in [6.07, 6.45) is 0. The molecular formula is C7H5ClN2. The molecule has 1 aromatic rings. The molecule has 0 aliphatic heterocycles. The van der Waals surface area contributed by atoms with Gasteiger partial charge in [-0.25, -0.2) is 4.98 Å². The number of hydrogen-bond donors (Lipinski definition) is 0. The number of halogens is 1. The minimum atomic E-state index is 0.357. The number of nitriles is 1. The van der Waals surface area contributed by atoms with Crippen molar-refractivity contribution in [2.24, 2.45) is 0 Å². The van der Waals surface area contributed by atoms with E-state index in [1.165, 1.54) is 0 Å². The fourth-order valence-electron chi connectivity index (χ4n) is 0.566. The number of nitrogens with zero attached hydrogens (tertiary/aromatic N) is 2. The molecule has 1 rings (SSSR count). The minimum absolute atomic E-state index is 0.357. The van der Waals surface area contributed by atoms with Crippen LogP contribution in [0.2, 0.25) is 5.15 Å². The van der Waals surface area contributed by atoms with Crippen molar-refractivity contribution >= 4 is 11.6 Å². The minimum Gasteiger partial charge on any atom is -0.225 e. The zero-order valence-corrected chi connectivity index (χ0v) is 6.18. The third kappa shape index (κ3) is 1.26. The number of aromatic nitrogens is 1. The predicted molar refractivity (Wildman–Crippen MR) is 38.7 cm³/mol. The molecule has 0 fully saturated rings. The Morgan fingerprint density at radius 2 is 2.30 bits per heavy atom. The standard InChI is InChI=1S/C7H5ClN2/c1-5-2-3-6(4-9)10-7(5)8/h2-3H,1H3. The van der Waals surface area contributed by atoms with Crippen molar-refractivity contribution in [3.8, 4) is 6.07 Å². The van der Waals surface area contributed by atoms with Crippen LogP contribution in [0.4, 0.5) is 0 Å². The smallest absolute Gasteiger partial charge is 0.142 e. The molecule has 0 unspecified atom stereocenters. The van der Waals surface area contributed by atoms with Crippen molar-refractivity contribution in [3.63, 3.8) is 0 Å². The van der Waals surface area contributed by atoms with Crippen LogP contribution < -0.4 is 0 Å². The maximum absolute atomic E-state index is 8.38. The number of hydrogen-bond acceptors (Lipinski definition) is 2. The van der Waals surface area contributed by atoms with Crippen molar-refractivity contribution in [2.45, 2.75) is 6.92 Å². The van der Waals surface area contributed by atoms with Crippen molar-refractivity contribution in [3.05, 3.63) is 28.5 Å². The molecule has 0 saturated heterocycles. The number of rotatable bonds is 0. The number of aryl methyl sites for hydroxylation is 1. The molecule has 0 aromatic carbocycles. The van der Waals surface area contributed by atoms with Crippen LogP contribution in [-0.2, 0) is 0 Å². The quantitative estimate of drug-likeness (QED) is 0.533. The highest BCUT2D eigenvalue weighted by atomic mass is 35.5. The van der Waals surface area contributed by atoms with Gasteiger partial charge >= 0.3 is 0 Å². The lowest BCUT2D eigenvalue weighted by molar-refractivity contribution is 1.22. The fourth-order valence-corrected chi connectivity index (χ4v) is 0.720. The highest BCUT2D eigenvalue weighted by Gasteiger charge is 1.96. The van der Waals surface area contributed by atoms with Crippen LogP contribution in [0.25, 0.3) is 0 Å². The zero-order valence-electron chi connectivity index (χ0n) is 5.43. The van der Waals surface area contributed by atoms with Crippen molar-refractivity contribution in [1.29, 1.82) is 5.26 Å². The Labute approximate surface area is 64.1 Å². The molecule has 0 atom stereocenters. The van der Waals surface area contributed by atoms with E-state index >= 15 is 0 Å². The van der Waals surface area contributed by atoms with E-state index in [2.05, 4.69) is 4.98 Å². The lowest BCUT2D eigenvalue weighted by Crippen LogP contribution is -1.84. The van der Waals surface area contributed by atoms with Crippen LogP contribution in [0, 0.1) is 18.3 Å². The van der Waals surface area contributed by atoms with Gasteiger partial charge in [-0.2, -0.15) is 5.26 Å². The van der Waals surface area contributed by atoms with Gasteiger partial charge in [0.2, 0.25) is 0 Å². The van der Waals surface area contributed by atoms with Crippen LogP contribution in [0.1, 0.15) is 11.3 Å². The van der Waals surface area contributed by atoms with Crippen molar-refractivity contribution in [1.82, 2.24) is 4.98 Å². The molecule has 0 bridgehead atoms. The summed E-state index contributed by atoms with van der Waals surface area (Å²) in [6, 6.07) is 5.31. The SMILES string of the molecule is Cc1ccc(C#N)nc1Cl. The summed E-state index contributed by atoms with van der Waals surface area (Å²) in [6.45, 7) is 1.84. The topological polar surface area (TPSA) is 36.7 Å². The first kappa shape index (κ1) is 7.04. The highest BCUT2D eigenvalue weighted by molar-refractivity contribution is 6.30. The van der Waals surface area contributed by atoms with E-state index in [1.807, 2.05) is 13.0 Å². The largest absolute Gasteiger partial charge is 0.225 e. The van der Waals surface area contributed by atoms with E-state index in [0.29, 0.717) is 10.8 Å². The van der Waals surface area contributed by atoms with Crippen LogP contribution >= 0.6 is 11.6 Å². The maximum atomic E-state index is 8.38.